The zero-order valence-corrected chi connectivity index (χ0v) is 18.1. The van der Waals surface area contributed by atoms with Crippen molar-refractivity contribution < 1.29 is 37.0 Å². The molecule has 0 aromatic heterocycles. The van der Waals surface area contributed by atoms with Gasteiger partial charge >= 0.3 is 12.3 Å². The van der Waals surface area contributed by atoms with Crippen LogP contribution in [0.2, 0.25) is 0 Å². The summed E-state index contributed by atoms with van der Waals surface area (Å²) in [6, 6.07) is 11.7. The smallest absolute Gasteiger partial charge is 0.497 e. The Balaban J connectivity index is 1.75. The van der Waals surface area contributed by atoms with Gasteiger partial charge in [0.15, 0.2) is 0 Å². The van der Waals surface area contributed by atoms with Crippen LogP contribution < -0.4 is 14.8 Å². The van der Waals surface area contributed by atoms with Crippen molar-refractivity contribution in [2.45, 2.75) is 31.7 Å². The van der Waals surface area contributed by atoms with Crippen molar-refractivity contribution in [3.05, 3.63) is 71.8 Å². The largest absolute Gasteiger partial charge is 0.573 e. The number of alkyl halides is 3. The van der Waals surface area contributed by atoms with E-state index in [0.717, 1.165) is 6.07 Å². The summed E-state index contributed by atoms with van der Waals surface area (Å²) in [5, 5.41) is 2.70. The van der Waals surface area contributed by atoms with Gasteiger partial charge in [-0.1, -0.05) is 36.4 Å². The maximum absolute atomic E-state index is 12.8. The second-order valence-electron chi connectivity index (χ2n) is 7.41. The molecule has 9 heteroatoms. The summed E-state index contributed by atoms with van der Waals surface area (Å²) in [6.07, 6.45) is -1.01. The number of ether oxygens (including phenoxy) is 3. The van der Waals surface area contributed by atoms with Gasteiger partial charge in [0, 0.05) is 6.04 Å². The Morgan fingerprint density at radius 2 is 1.88 bits per heavy atom. The predicted molar refractivity (Wildman–Crippen MR) is 114 cm³/mol. The molecule has 1 N–H and O–H groups in total. The molecule has 0 radical (unpaired) electrons. The zero-order valence-electron chi connectivity index (χ0n) is 18.1. The number of rotatable bonds is 8. The number of benzene rings is 2. The maximum Gasteiger partial charge on any atom is 0.573 e. The monoisotopic (exact) mass is 463 g/mol. The molecule has 1 aliphatic carbocycles. The Hall–Kier alpha value is -3.49. The molecule has 33 heavy (non-hydrogen) atoms. The van der Waals surface area contributed by atoms with Crippen LogP contribution in [0.1, 0.15) is 35.2 Å². The average Bonchev–Trinajstić information content (AvgIpc) is 3.21. The van der Waals surface area contributed by atoms with Crippen LogP contribution in [0.5, 0.6) is 11.5 Å². The van der Waals surface area contributed by atoms with E-state index in [2.05, 4.69) is 10.1 Å². The first-order valence-electron chi connectivity index (χ1n) is 10.4. The number of nitrogens with one attached hydrogen (secondary N) is 1. The molecule has 2 aromatic rings. The van der Waals surface area contributed by atoms with E-state index in [0.29, 0.717) is 17.7 Å². The van der Waals surface area contributed by atoms with Gasteiger partial charge in [-0.3, -0.25) is 9.59 Å². The standard InChI is InChI=1S/C24H24F3NO5/c1-3-32-23(30)21(15-7-6-8-18(14-15)31-2)16-11-12-17(13-16)28-22(29)19-9-4-5-10-20(19)33-24(25,26)27/h4-12,14,16-17,21H,3,13H2,1-2H3,(H,28,29)/t16-,17-,21-/m1/s1. The third-order valence-electron chi connectivity index (χ3n) is 5.21. The lowest BCUT2D eigenvalue weighted by atomic mass is 9.85. The van der Waals surface area contributed by atoms with Crippen molar-refractivity contribution >= 4 is 11.9 Å². The summed E-state index contributed by atoms with van der Waals surface area (Å²) in [5.41, 5.74) is 0.472. The molecule has 0 heterocycles. The molecule has 0 unspecified atom stereocenters. The molecule has 0 spiro atoms. The molecule has 2 aromatic carbocycles. The van der Waals surface area contributed by atoms with E-state index in [1.54, 1.807) is 37.3 Å². The van der Waals surface area contributed by atoms with Gasteiger partial charge in [-0.05, 0) is 49.1 Å². The van der Waals surface area contributed by atoms with Crippen LogP contribution in [0, 0.1) is 5.92 Å². The van der Waals surface area contributed by atoms with Gasteiger partial charge in [0.25, 0.3) is 5.91 Å². The van der Waals surface area contributed by atoms with Gasteiger partial charge in [-0.15, -0.1) is 13.2 Å². The lowest BCUT2D eigenvalue weighted by Crippen LogP contribution is -2.34. The average molecular weight is 463 g/mol. The van der Waals surface area contributed by atoms with Crippen LogP contribution in [0.15, 0.2) is 60.7 Å². The summed E-state index contributed by atoms with van der Waals surface area (Å²) in [7, 11) is 1.53. The maximum atomic E-state index is 12.8. The van der Waals surface area contributed by atoms with Crippen molar-refractivity contribution in [2.75, 3.05) is 13.7 Å². The number of carbonyl (C=O) groups excluding carboxylic acids is 2. The van der Waals surface area contributed by atoms with E-state index < -0.39 is 35.9 Å². The van der Waals surface area contributed by atoms with E-state index in [1.807, 2.05) is 6.08 Å². The molecule has 6 nitrogen and oxygen atoms in total. The highest BCUT2D eigenvalue weighted by atomic mass is 19.4. The van der Waals surface area contributed by atoms with Gasteiger partial charge in [0.1, 0.15) is 11.5 Å². The third-order valence-corrected chi connectivity index (χ3v) is 5.21. The number of amides is 1. The van der Waals surface area contributed by atoms with Gasteiger partial charge < -0.3 is 19.5 Å². The summed E-state index contributed by atoms with van der Waals surface area (Å²) < 4.78 is 52.5. The number of allylic oxidation sites excluding steroid dienone is 1. The van der Waals surface area contributed by atoms with Crippen molar-refractivity contribution in [2.24, 2.45) is 5.92 Å². The molecule has 3 atom stereocenters. The highest BCUT2D eigenvalue weighted by molar-refractivity contribution is 5.97. The molecule has 0 bridgehead atoms. The molecular formula is C24H24F3NO5. The Morgan fingerprint density at radius 3 is 2.58 bits per heavy atom. The molecule has 0 saturated carbocycles. The summed E-state index contributed by atoms with van der Waals surface area (Å²) >= 11 is 0. The van der Waals surface area contributed by atoms with E-state index in [4.69, 9.17) is 9.47 Å². The summed E-state index contributed by atoms with van der Waals surface area (Å²) in [4.78, 5) is 25.4. The fourth-order valence-electron chi connectivity index (χ4n) is 3.82. The first-order chi connectivity index (χ1) is 15.7. The molecule has 0 aliphatic heterocycles. The molecule has 1 amide bonds. The fourth-order valence-corrected chi connectivity index (χ4v) is 3.82. The Labute approximate surface area is 189 Å². The minimum atomic E-state index is -4.92. The van der Waals surface area contributed by atoms with Gasteiger partial charge in [-0.25, -0.2) is 0 Å². The van der Waals surface area contributed by atoms with Crippen LogP contribution in [-0.2, 0) is 9.53 Å². The Morgan fingerprint density at radius 1 is 1.12 bits per heavy atom. The lowest BCUT2D eigenvalue weighted by molar-refractivity contribution is -0.274. The number of esters is 1. The van der Waals surface area contributed by atoms with Crippen molar-refractivity contribution in [3.8, 4) is 11.5 Å². The molecule has 0 fully saturated rings. The first-order valence-corrected chi connectivity index (χ1v) is 10.4. The van der Waals surface area contributed by atoms with Crippen LogP contribution in [0.4, 0.5) is 13.2 Å². The van der Waals surface area contributed by atoms with Crippen LogP contribution in [0.3, 0.4) is 0 Å². The minimum Gasteiger partial charge on any atom is -0.497 e. The molecule has 1 aliphatic rings. The van der Waals surface area contributed by atoms with E-state index >= 15 is 0 Å². The number of carbonyl (C=O) groups is 2. The quantitative estimate of drug-likeness (QED) is 0.457. The van der Waals surface area contributed by atoms with Gasteiger partial charge in [0.05, 0.1) is 25.2 Å². The lowest BCUT2D eigenvalue weighted by Gasteiger charge is -2.23. The SMILES string of the molecule is CCOC(=O)[C@H](c1cccc(OC)c1)[C@@H]1C=C[C@@H](NC(=O)c2ccccc2OC(F)(F)F)C1. The van der Waals surface area contributed by atoms with Crippen molar-refractivity contribution in [1.29, 1.82) is 0 Å². The topological polar surface area (TPSA) is 73.9 Å². The number of para-hydroxylation sites is 1. The van der Waals surface area contributed by atoms with Gasteiger partial charge in [0.2, 0.25) is 0 Å². The van der Waals surface area contributed by atoms with Gasteiger partial charge in [-0.2, -0.15) is 0 Å². The summed E-state index contributed by atoms with van der Waals surface area (Å²) in [6.45, 7) is 1.93. The minimum absolute atomic E-state index is 0.214. The second kappa shape index (κ2) is 10.4. The number of halogens is 3. The van der Waals surface area contributed by atoms with Crippen LogP contribution in [0.25, 0.3) is 0 Å². The molecule has 176 valence electrons. The predicted octanol–water partition coefficient (Wildman–Crippen LogP) is 4.62. The first kappa shape index (κ1) is 24.2. The third kappa shape index (κ3) is 6.27. The van der Waals surface area contributed by atoms with Crippen molar-refractivity contribution in [1.82, 2.24) is 5.32 Å². The molecule has 3 rings (SSSR count). The molecule has 0 saturated heterocycles. The number of methoxy groups -OCH3 is 1. The van der Waals surface area contributed by atoms with Crippen molar-refractivity contribution in [3.63, 3.8) is 0 Å². The Bertz CT molecular complexity index is 1020. The highest BCUT2D eigenvalue weighted by Gasteiger charge is 2.36. The normalized spacial score (nSPS) is 18.5. The van der Waals surface area contributed by atoms with E-state index in [1.165, 1.54) is 25.3 Å². The Kier molecular flexibility index (Phi) is 7.63. The molecular weight excluding hydrogens is 439 g/mol. The highest BCUT2D eigenvalue weighted by Crippen LogP contribution is 2.36. The number of hydrogen-bond donors (Lipinski definition) is 1. The van der Waals surface area contributed by atoms with E-state index in [-0.39, 0.29) is 18.1 Å². The summed E-state index contributed by atoms with van der Waals surface area (Å²) in [5.74, 6) is -2.02. The van der Waals surface area contributed by atoms with Crippen LogP contribution >= 0.6 is 0 Å². The second-order valence-corrected chi connectivity index (χ2v) is 7.41. The number of hydrogen-bond acceptors (Lipinski definition) is 5. The van der Waals surface area contributed by atoms with E-state index in [9.17, 15) is 22.8 Å². The van der Waals surface area contributed by atoms with Crippen LogP contribution in [-0.4, -0.2) is 38.0 Å². The fraction of sp³-hybridized carbons (Fsp3) is 0.333. The zero-order chi connectivity index (χ0) is 24.0.